The highest BCUT2D eigenvalue weighted by Crippen LogP contribution is 2.34. The monoisotopic (exact) mass is 640 g/mol. The number of aromatic amines is 1. The number of piperazine rings is 1. The van der Waals surface area contributed by atoms with Crippen LogP contribution >= 0.6 is 0 Å². The highest BCUT2D eigenvalue weighted by molar-refractivity contribution is 5.99. The van der Waals surface area contributed by atoms with Gasteiger partial charge in [-0.3, -0.25) is 4.79 Å². The summed E-state index contributed by atoms with van der Waals surface area (Å²) in [6, 6.07) is 17.5. The number of hydrogen-bond donors (Lipinski definition) is 3. The van der Waals surface area contributed by atoms with Gasteiger partial charge in [-0.05, 0) is 92.9 Å². The van der Waals surface area contributed by atoms with E-state index in [0.717, 1.165) is 46.1 Å². The molecular formula is C37H45FN6O3. The lowest BCUT2D eigenvalue weighted by Crippen LogP contribution is -2.56. The van der Waals surface area contributed by atoms with E-state index in [4.69, 9.17) is 4.74 Å². The molecule has 3 aromatic carbocycles. The number of ether oxygens (including phenoxy) is 1. The number of aromatic nitrogens is 1. The number of nitrogens with zero attached hydrogens (tertiary/aromatic N) is 3. The zero-order valence-corrected chi connectivity index (χ0v) is 27.7. The van der Waals surface area contributed by atoms with Crippen LogP contribution in [0, 0.1) is 18.7 Å². The predicted octanol–water partition coefficient (Wildman–Crippen LogP) is 6.11. The molecule has 10 heteroatoms. The van der Waals surface area contributed by atoms with Crippen LogP contribution in [0.15, 0.2) is 66.9 Å². The van der Waals surface area contributed by atoms with Crippen LogP contribution in [0.25, 0.3) is 10.9 Å². The fourth-order valence-corrected chi connectivity index (χ4v) is 6.38. The van der Waals surface area contributed by atoms with Crippen LogP contribution < -0.4 is 20.3 Å². The number of halogens is 1. The molecule has 0 bridgehead atoms. The Labute approximate surface area is 276 Å². The molecule has 1 aliphatic carbocycles. The highest BCUT2D eigenvalue weighted by Gasteiger charge is 2.33. The summed E-state index contributed by atoms with van der Waals surface area (Å²) < 4.78 is 19.9. The van der Waals surface area contributed by atoms with Crippen molar-refractivity contribution in [3.05, 3.63) is 89.4 Å². The molecule has 1 saturated carbocycles. The van der Waals surface area contributed by atoms with Gasteiger partial charge >= 0.3 is 6.03 Å². The summed E-state index contributed by atoms with van der Waals surface area (Å²) in [5, 5.41) is 7.26. The van der Waals surface area contributed by atoms with Crippen molar-refractivity contribution in [2.24, 2.45) is 5.92 Å². The summed E-state index contributed by atoms with van der Waals surface area (Å²) in [5.74, 6) is 0.268. The van der Waals surface area contributed by atoms with Crippen molar-refractivity contribution in [2.45, 2.75) is 45.2 Å². The van der Waals surface area contributed by atoms with Crippen LogP contribution in [0.2, 0.25) is 0 Å². The first-order chi connectivity index (χ1) is 22.7. The van der Waals surface area contributed by atoms with Crippen molar-refractivity contribution >= 4 is 34.2 Å². The molecule has 248 valence electrons. The highest BCUT2D eigenvalue weighted by atomic mass is 19.1. The van der Waals surface area contributed by atoms with Crippen molar-refractivity contribution < 1.29 is 18.7 Å². The minimum Gasteiger partial charge on any atom is -0.491 e. The van der Waals surface area contributed by atoms with Gasteiger partial charge in [0.25, 0.3) is 0 Å². The third-order valence-corrected chi connectivity index (χ3v) is 9.21. The van der Waals surface area contributed by atoms with E-state index in [-0.39, 0.29) is 23.7 Å². The molecule has 3 N–H and O–H groups in total. The maximum Gasteiger partial charge on any atom is 0.318 e. The van der Waals surface area contributed by atoms with Gasteiger partial charge in [-0.1, -0.05) is 31.2 Å². The van der Waals surface area contributed by atoms with Crippen molar-refractivity contribution in [1.29, 1.82) is 0 Å². The Morgan fingerprint density at radius 2 is 1.81 bits per heavy atom. The Hall–Kier alpha value is -4.57. The van der Waals surface area contributed by atoms with E-state index in [2.05, 4.69) is 25.4 Å². The van der Waals surface area contributed by atoms with Gasteiger partial charge < -0.3 is 35.1 Å². The molecule has 1 aliphatic heterocycles. The molecule has 2 atom stereocenters. The molecule has 2 fully saturated rings. The molecular weight excluding hydrogens is 595 g/mol. The Balaban J connectivity index is 1.23. The van der Waals surface area contributed by atoms with Crippen molar-refractivity contribution in [3.63, 3.8) is 0 Å². The second kappa shape index (κ2) is 14.0. The summed E-state index contributed by atoms with van der Waals surface area (Å²) in [5.41, 5.74) is 5.39. The van der Waals surface area contributed by atoms with Crippen LogP contribution in [0.1, 0.15) is 42.4 Å². The topological polar surface area (TPSA) is 92.9 Å². The summed E-state index contributed by atoms with van der Waals surface area (Å²) in [6.07, 6.45) is 4.25. The van der Waals surface area contributed by atoms with E-state index in [0.29, 0.717) is 56.7 Å². The third-order valence-electron chi connectivity index (χ3n) is 9.21. The fourth-order valence-electron chi connectivity index (χ4n) is 6.38. The van der Waals surface area contributed by atoms with Crippen LogP contribution in [-0.2, 0) is 11.3 Å². The van der Waals surface area contributed by atoms with E-state index in [1.54, 1.807) is 11.0 Å². The van der Waals surface area contributed by atoms with Crippen molar-refractivity contribution in [3.8, 4) is 5.75 Å². The van der Waals surface area contributed by atoms with Gasteiger partial charge in [0.2, 0.25) is 5.91 Å². The van der Waals surface area contributed by atoms with Crippen LogP contribution in [-0.4, -0.2) is 79.6 Å². The number of carbonyl (C=O) groups excluding carboxylic acids is 2. The number of carbonyl (C=O) groups is 2. The molecule has 9 nitrogen and oxygen atoms in total. The first-order valence-electron chi connectivity index (χ1n) is 16.5. The number of H-pyrrole nitrogens is 1. The number of amides is 3. The maximum absolute atomic E-state index is 14.3. The van der Waals surface area contributed by atoms with Crippen LogP contribution in [0.3, 0.4) is 0 Å². The normalized spacial score (nSPS) is 16.3. The molecule has 1 aromatic heterocycles. The summed E-state index contributed by atoms with van der Waals surface area (Å²) >= 11 is 0. The summed E-state index contributed by atoms with van der Waals surface area (Å²) in [4.78, 5) is 37.4. The minimum absolute atomic E-state index is 0.260. The average molecular weight is 641 g/mol. The van der Waals surface area contributed by atoms with Gasteiger partial charge in [0.1, 0.15) is 17.6 Å². The van der Waals surface area contributed by atoms with Gasteiger partial charge in [-0.2, -0.15) is 0 Å². The first-order valence-corrected chi connectivity index (χ1v) is 16.5. The lowest BCUT2D eigenvalue weighted by Gasteiger charge is -2.37. The van der Waals surface area contributed by atoms with E-state index in [1.807, 2.05) is 76.6 Å². The average Bonchev–Trinajstić information content (AvgIpc) is 3.78. The first kappa shape index (κ1) is 32.4. The van der Waals surface area contributed by atoms with Crippen molar-refractivity contribution in [1.82, 2.24) is 20.1 Å². The quantitative estimate of drug-likeness (QED) is 0.184. The molecule has 2 unspecified atom stereocenters. The van der Waals surface area contributed by atoms with Gasteiger partial charge in [0, 0.05) is 61.4 Å². The van der Waals surface area contributed by atoms with Gasteiger partial charge in [-0.15, -0.1) is 0 Å². The van der Waals surface area contributed by atoms with E-state index >= 15 is 0 Å². The molecule has 0 radical (unpaired) electrons. The molecule has 2 heterocycles. The summed E-state index contributed by atoms with van der Waals surface area (Å²) in [6.45, 7) is 7.36. The molecule has 6 rings (SSSR count). The number of anilines is 2. The number of hydrogen-bond acceptors (Lipinski definition) is 5. The van der Waals surface area contributed by atoms with E-state index in [1.165, 1.54) is 12.1 Å². The van der Waals surface area contributed by atoms with Gasteiger partial charge in [-0.25, -0.2) is 9.18 Å². The number of fused-ring (bicyclic) bond motifs is 1. The third kappa shape index (κ3) is 7.71. The number of benzene rings is 3. The van der Waals surface area contributed by atoms with Gasteiger partial charge in [0.05, 0.1) is 12.3 Å². The fraction of sp³-hybridized carbons (Fsp3) is 0.405. The number of nitrogens with one attached hydrogen (secondary N) is 3. The smallest absolute Gasteiger partial charge is 0.318 e. The zero-order valence-electron chi connectivity index (χ0n) is 27.7. The Morgan fingerprint density at radius 3 is 2.53 bits per heavy atom. The lowest BCUT2D eigenvalue weighted by molar-refractivity contribution is -0.118. The molecule has 47 heavy (non-hydrogen) atoms. The number of urea groups is 1. The zero-order chi connectivity index (χ0) is 33.1. The Kier molecular flexibility index (Phi) is 9.68. The van der Waals surface area contributed by atoms with Crippen LogP contribution in [0.5, 0.6) is 5.75 Å². The number of rotatable bonds is 11. The number of para-hydroxylation sites is 1. The van der Waals surface area contributed by atoms with Crippen LogP contribution in [0.4, 0.5) is 20.6 Å². The standard InChI is InChI=1S/C37H45FN6O3/c1-24-19-28(38)12-13-33(24)43-15-17-44(18-16-43)37(46)41-35(25(2)30-21-39-31-8-6-5-7-29(30)31)36(45)40-32-20-27(22-42(3)4)11-14-34(32)47-23-26-9-10-26/h5-8,11-14,19-21,25-26,35,39H,9-10,15-18,22-23H2,1-4H3,(H,40,45)(H,41,46). The predicted molar refractivity (Wildman–Crippen MR) is 185 cm³/mol. The lowest BCUT2D eigenvalue weighted by atomic mass is 9.92. The molecule has 0 spiro atoms. The molecule has 2 aliphatic rings. The SMILES string of the molecule is Cc1cc(F)ccc1N1CCN(C(=O)NC(C(=O)Nc2cc(CN(C)C)ccc2OCC2CC2)C(C)c2c[nH]c3ccccc23)CC1. The largest absolute Gasteiger partial charge is 0.491 e. The minimum atomic E-state index is -0.868. The van der Waals surface area contributed by atoms with Gasteiger partial charge in [0.15, 0.2) is 0 Å². The maximum atomic E-state index is 14.3. The molecule has 1 saturated heterocycles. The van der Waals surface area contributed by atoms with E-state index < -0.39 is 6.04 Å². The Bertz CT molecular complexity index is 1730. The second-order valence-corrected chi connectivity index (χ2v) is 13.2. The molecule has 3 amide bonds. The summed E-state index contributed by atoms with van der Waals surface area (Å²) in [7, 11) is 4.01. The number of aryl methyl sites for hydroxylation is 1. The molecule has 4 aromatic rings. The Morgan fingerprint density at radius 1 is 1.04 bits per heavy atom. The second-order valence-electron chi connectivity index (χ2n) is 13.2. The van der Waals surface area contributed by atoms with Crippen molar-refractivity contribution in [2.75, 3.05) is 57.1 Å². The van der Waals surface area contributed by atoms with E-state index in [9.17, 15) is 14.0 Å².